The Labute approximate surface area is 80.0 Å². The molecule has 1 heterocycles. The van der Waals surface area contributed by atoms with Crippen molar-refractivity contribution in [3.63, 3.8) is 0 Å². The summed E-state index contributed by atoms with van der Waals surface area (Å²) in [7, 11) is 0. The molecule has 1 amide bonds. The van der Waals surface area contributed by atoms with Crippen LogP contribution in [0.25, 0.3) is 0 Å². The zero-order valence-corrected chi connectivity index (χ0v) is 7.66. The molecule has 1 aliphatic rings. The monoisotopic (exact) mass is 210 g/mol. The Bertz CT molecular complexity index is 199. The van der Waals surface area contributed by atoms with E-state index in [0.717, 1.165) is 13.0 Å². The third-order valence-electron chi connectivity index (χ3n) is 2.06. The summed E-state index contributed by atoms with van der Waals surface area (Å²) >= 11 is 0. The number of carbonyl (C=O) groups excluding carboxylic acids is 1. The highest BCUT2D eigenvalue weighted by Gasteiger charge is 2.28. The molecule has 0 unspecified atom stereocenters. The minimum absolute atomic E-state index is 0.00395. The van der Waals surface area contributed by atoms with E-state index < -0.39 is 24.9 Å². The number of hydrogen-bond acceptors (Lipinski definition) is 2. The first kappa shape index (κ1) is 11.3. The summed E-state index contributed by atoms with van der Waals surface area (Å²) in [6, 6.07) is -0.00395. The van der Waals surface area contributed by atoms with E-state index >= 15 is 0 Å². The lowest BCUT2D eigenvalue weighted by molar-refractivity contribution is -0.144. The van der Waals surface area contributed by atoms with Gasteiger partial charge in [-0.15, -0.1) is 0 Å². The van der Waals surface area contributed by atoms with Gasteiger partial charge in [-0.25, -0.2) is 0 Å². The van der Waals surface area contributed by atoms with Crippen LogP contribution in [-0.2, 0) is 4.79 Å². The molecule has 0 saturated carbocycles. The zero-order valence-electron chi connectivity index (χ0n) is 7.66. The summed E-state index contributed by atoms with van der Waals surface area (Å²) in [4.78, 5) is 11.0. The minimum Gasteiger partial charge on any atom is -0.352 e. The summed E-state index contributed by atoms with van der Waals surface area (Å²) < 4.78 is 35.2. The topological polar surface area (TPSA) is 41.1 Å². The van der Waals surface area contributed by atoms with Gasteiger partial charge in [-0.2, -0.15) is 13.2 Å². The molecule has 1 atom stereocenters. The third kappa shape index (κ3) is 4.45. The van der Waals surface area contributed by atoms with Gasteiger partial charge in [0.1, 0.15) is 0 Å². The molecule has 0 bridgehead atoms. The third-order valence-corrected chi connectivity index (χ3v) is 2.06. The van der Waals surface area contributed by atoms with E-state index in [1.54, 1.807) is 0 Å². The van der Waals surface area contributed by atoms with Crippen molar-refractivity contribution in [3.05, 3.63) is 0 Å². The summed E-state index contributed by atoms with van der Waals surface area (Å²) in [5, 5.41) is 5.56. The number of amides is 1. The minimum atomic E-state index is -4.24. The van der Waals surface area contributed by atoms with Gasteiger partial charge in [-0.3, -0.25) is 4.79 Å². The summed E-state index contributed by atoms with van der Waals surface area (Å²) in [5.74, 6) is -0.518. The van der Waals surface area contributed by atoms with Crippen LogP contribution in [0.1, 0.15) is 19.3 Å². The van der Waals surface area contributed by atoms with Crippen LogP contribution in [0.4, 0.5) is 13.2 Å². The Morgan fingerprint density at radius 2 is 2.21 bits per heavy atom. The fourth-order valence-electron chi connectivity index (χ4n) is 1.33. The average molecular weight is 210 g/mol. The summed E-state index contributed by atoms with van der Waals surface area (Å²) in [5.41, 5.74) is 0. The SMILES string of the molecule is O=C(CCC(F)(F)F)N[C@@H]1CCNC1. The zero-order chi connectivity index (χ0) is 10.6. The van der Waals surface area contributed by atoms with Crippen molar-refractivity contribution in [2.45, 2.75) is 31.5 Å². The van der Waals surface area contributed by atoms with Crippen molar-refractivity contribution in [1.29, 1.82) is 0 Å². The van der Waals surface area contributed by atoms with E-state index in [0.29, 0.717) is 6.54 Å². The van der Waals surface area contributed by atoms with Gasteiger partial charge in [0.05, 0.1) is 6.42 Å². The molecule has 0 aromatic rings. The second-order valence-corrected chi connectivity index (χ2v) is 3.37. The maximum absolute atomic E-state index is 11.7. The summed E-state index contributed by atoms with van der Waals surface area (Å²) in [6.45, 7) is 1.46. The Hall–Kier alpha value is -0.780. The van der Waals surface area contributed by atoms with Gasteiger partial charge in [0.25, 0.3) is 0 Å². The number of rotatable bonds is 3. The van der Waals surface area contributed by atoms with Crippen molar-refractivity contribution in [3.8, 4) is 0 Å². The van der Waals surface area contributed by atoms with E-state index in [9.17, 15) is 18.0 Å². The van der Waals surface area contributed by atoms with Gasteiger partial charge < -0.3 is 10.6 Å². The predicted molar refractivity (Wildman–Crippen MR) is 44.7 cm³/mol. The fraction of sp³-hybridized carbons (Fsp3) is 0.875. The van der Waals surface area contributed by atoms with E-state index in [-0.39, 0.29) is 6.04 Å². The Kier molecular flexibility index (Phi) is 3.74. The average Bonchev–Trinajstić information content (AvgIpc) is 2.52. The maximum Gasteiger partial charge on any atom is 0.389 e. The van der Waals surface area contributed by atoms with Gasteiger partial charge >= 0.3 is 6.18 Å². The first-order valence-corrected chi connectivity index (χ1v) is 4.54. The molecule has 0 spiro atoms. The highest BCUT2D eigenvalue weighted by molar-refractivity contribution is 5.76. The van der Waals surface area contributed by atoms with Crippen LogP contribution in [0.5, 0.6) is 0 Å². The van der Waals surface area contributed by atoms with Crippen LogP contribution in [0.15, 0.2) is 0 Å². The van der Waals surface area contributed by atoms with Crippen LogP contribution >= 0.6 is 0 Å². The molecule has 1 saturated heterocycles. The van der Waals surface area contributed by atoms with E-state index in [2.05, 4.69) is 10.6 Å². The summed E-state index contributed by atoms with van der Waals surface area (Å²) in [6.07, 6.45) is -4.97. The van der Waals surface area contributed by atoms with Crippen LogP contribution in [0, 0.1) is 0 Å². The molecule has 82 valence electrons. The molecule has 1 rings (SSSR count). The van der Waals surface area contributed by atoms with Crippen LogP contribution < -0.4 is 10.6 Å². The first-order valence-electron chi connectivity index (χ1n) is 4.54. The molecule has 0 radical (unpaired) electrons. The van der Waals surface area contributed by atoms with Crippen LogP contribution in [0.2, 0.25) is 0 Å². The van der Waals surface area contributed by atoms with Crippen molar-refractivity contribution >= 4 is 5.91 Å². The lowest BCUT2D eigenvalue weighted by Gasteiger charge is -2.11. The van der Waals surface area contributed by atoms with Crippen molar-refractivity contribution in [1.82, 2.24) is 10.6 Å². The number of carbonyl (C=O) groups is 1. The number of nitrogens with one attached hydrogen (secondary N) is 2. The maximum atomic E-state index is 11.7. The highest BCUT2D eigenvalue weighted by atomic mass is 19.4. The lowest BCUT2D eigenvalue weighted by atomic mass is 10.2. The van der Waals surface area contributed by atoms with Crippen LogP contribution in [-0.4, -0.2) is 31.2 Å². The van der Waals surface area contributed by atoms with Gasteiger partial charge in [-0.1, -0.05) is 0 Å². The predicted octanol–water partition coefficient (Wildman–Crippen LogP) is 0.807. The van der Waals surface area contributed by atoms with E-state index in [1.165, 1.54) is 0 Å². The molecule has 3 nitrogen and oxygen atoms in total. The largest absolute Gasteiger partial charge is 0.389 e. The van der Waals surface area contributed by atoms with Crippen molar-refractivity contribution in [2.24, 2.45) is 0 Å². The Morgan fingerprint density at radius 3 is 2.71 bits per heavy atom. The molecule has 6 heteroatoms. The number of halogens is 3. The molecule has 1 fully saturated rings. The molecule has 0 aromatic heterocycles. The molecular weight excluding hydrogens is 197 g/mol. The Balaban J connectivity index is 2.15. The van der Waals surface area contributed by atoms with Gasteiger partial charge in [0.2, 0.25) is 5.91 Å². The van der Waals surface area contributed by atoms with E-state index in [1.807, 2.05) is 0 Å². The second-order valence-electron chi connectivity index (χ2n) is 3.37. The molecule has 2 N–H and O–H groups in total. The normalized spacial score (nSPS) is 22.4. The van der Waals surface area contributed by atoms with Crippen molar-refractivity contribution < 1.29 is 18.0 Å². The molecule has 0 aromatic carbocycles. The first-order chi connectivity index (χ1) is 6.47. The molecule has 14 heavy (non-hydrogen) atoms. The molecular formula is C8H13F3N2O. The van der Waals surface area contributed by atoms with Crippen molar-refractivity contribution in [2.75, 3.05) is 13.1 Å². The number of hydrogen-bond donors (Lipinski definition) is 2. The van der Waals surface area contributed by atoms with E-state index in [4.69, 9.17) is 0 Å². The fourth-order valence-corrected chi connectivity index (χ4v) is 1.33. The Morgan fingerprint density at radius 1 is 1.50 bits per heavy atom. The van der Waals surface area contributed by atoms with Gasteiger partial charge in [0, 0.05) is 19.0 Å². The highest BCUT2D eigenvalue weighted by Crippen LogP contribution is 2.21. The van der Waals surface area contributed by atoms with Crippen LogP contribution in [0.3, 0.4) is 0 Å². The standard InChI is InChI=1S/C8H13F3N2O/c9-8(10,11)3-1-7(14)13-6-2-4-12-5-6/h6,12H,1-5H2,(H,13,14)/t6-/m1/s1. The molecule has 0 aliphatic carbocycles. The quantitative estimate of drug-likeness (QED) is 0.723. The lowest BCUT2D eigenvalue weighted by Crippen LogP contribution is -2.36. The number of alkyl halides is 3. The van der Waals surface area contributed by atoms with Gasteiger partial charge in [0.15, 0.2) is 0 Å². The molecule has 1 aliphatic heterocycles. The van der Waals surface area contributed by atoms with Gasteiger partial charge in [-0.05, 0) is 13.0 Å². The second kappa shape index (κ2) is 4.63. The smallest absolute Gasteiger partial charge is 0.352 e.